The van der Waals surface area contributed by atoms with Gasteiger partial charge in [-0.1, -0.05) is 169 Å². The second-order valence-electron chi connectivity index (χ2n) is 46.7. The second kappa shape index (κ2) is 35.9. The lowest BCUT2D eigenvalue weighted by atomic mass is 9.45. The Balaban J connectivity index is 0.000000113. The zero-order valence-electron chi connectivity index (χ0n) is 80.8. The Bertz CT molecular complexity index is 5790. The van der Waals surface area contributed by atoms with Gasteiger partial charge in [0.2, 0.25) is 0 Å². The van der Waals surface area contributed by atoms with E-state index in [1.807, 2.05) is 94.5 Å². The molecule has 2 aromatic carbocycles. The van der Waals surface area contributed by atoms with Crippen LogP contribution in [0.1, 0.15) is 249 Å². The molecule has 0 spiro atoms. The van der Waals surface area contributed by atoms with Crippen molar-refractivity contribution in [2.24, 2.45) is 114 Å². The van der Waals surface area contributed by atoms with E-state index < -0.39 is 74.3 Å². The Hall–Kier alpha value is -6.22. The minimum atomic E-state index is -1.49. The maximum absolute atomic E-state index is 14.4. The molecular weight excluding hydrogens is 1830 g/mol. The molecule has 0 amide bonds. The molecule has 0 radical (unpaired) electrons. The summed E-state index contributed by atoms with van der Waals surface area (Å²) in [5.74, 6) is 2.03. The summed E-state index contributed by atoms with van der Waals surface area (Å²) in [7, 11) is 0. The highest BCUT2D eigenvalue weighted by Crippen LogP contribution is 2.75. The van der Waals surface area contributed by atoms with E-state index in [1.165, 1.54) is 78.5 Å². The summed E-state index contributed by atoms with van der Waals surface area (Å²) >= 11 is 7.33. The van der Waals surface area contributed by atoms with E-state index in [-0.39, 0.29) is 156 Å². The van der Waals surface area contributed by atoms with Gasteiger partial charge in [0.15, 0.2) is 67.6 Å². The van der Waals surface area contributed by atoms with Crippen molar-refractivity contribution < 1.29 is 88.0 Å². The summed E-state index contributed by atoms with van der Waals surface area (Å²) in [4.78, 5) is 112. The average Bonchev–Trinajstić information content (AvgIpc) is 1.50. The fraction of sp³-hybridized carbons (Fsp3) is 0.670. The highest BCUT2D eigenvalue weighted by molar-refractivity contribution is 8.01. The van der Waals surface area contributed by atoms with Crippen molar-refractivity contribution in [1.29, 1.82) is 0 Å². The maximum Gasteiger partial charge on any atom is 0.257 e. The van der Waals surface area contributed by atoms with E-state index in [4.69, 9.17) is 18.9 Å². The Labute approximate surface area is 824 Å². The van der Waals surface area contributed by atoms with E-state index in [9.17, 15) is 74.1 Å². The molecule has 736 valence electrons. The second-order valence-corrected chi connectivity index (χ2v) is 52.2. The molecule has 5 aromatic rings. The number of carbonyl (C=O) groups excluding carboxylic acids is 8. The molecule has 20 unspecified atom stereocenters. The molecule has 1 saturated heterocycles. The predicted octanol–water partition coefficient (Wildman–Crippen LogP) is 17.8. The van der Waals surface area contributed by atoms with Crippen LogP contribution < -0.4 is 0 Å². The van der Waals surface area contributed by atoms with Crippen LogP contribution in [-0.2, 0) is 47.8 Å². The number of fused-ring (bicyclic) bond motifs is 24. The molecule has 23 nitrogen and oxygen atoms in total. The molecule has 8 N–H and O–H groups in total. The zero-order valence-corrected chi connectivity index (χ0v) is 84.9. The molecule has 3 aromatic heterocycles. The maximum atomic E-state index is 14.4. The number of nitrogens with zero attached hydrogens (tertiary/aromatic N) is 4. The lowest BCUT2D eigenvalue weighted by Crippen LogP contribution is -2.63. The summed E-state index contributed by atoms with van der Waals surface area (Å²) in [5.41, 5.74) is -1.79. The summed E-state index contributed by atoms with van der Waals surface area (Å²) < 4.78 is 21.0. The van der Waals surface area contributed by atoms with Crippen LogP contribution in [0.4, 0.5) is 0 Å². The quantitative estimate of drug-likeness (QED) is 0.0425. The minimum Gasteiger partial charge on any atom is -0.431 e. The highest BCUT2D eigenvalue weighted by Gasteiger charge is 2.78. The number of hydrogen-bond donors (Lipinski definition) is 8. The third-order valence-corrected chi connectivity index (χ3v) is 45.3. The first-order chi connectivity index (χ1) is 65.0. The number of benzene rings is 2. The Kier molecular flexibility index (Phi) is 25.7. The average molecular weight is 1970 g/mol. The molecule has 17 aliphatic carbocycles. The van der Waals surface area contributed by atoms with E-state index in [2.05, 4.69) is 68.0 Å². The molecule has 23 rings (SSSR count). The Morgan fingerprint density at radius 2 is 0.934 bits per heavy atom. The highest BCUT2D eigenvalue weighted by atomic mass is 32.2. The lowest BCUT2D eigenvalue weighted by molar-refractivity contribution is -0.223. The number of aromatic nitrogens is 5. The largest absolute Gasteiger partial charge is 0.431 e. The number of aliphatic hydroxyl groups is 7. The van der Waals surface area contributed by atoms with Crippen molar-refractivity contribution in [3.05, 3.63) is 126 Å². The van der Waals surface area contributed by atoms with Crippen molar-refractivity contribution in [2.45, 2.75) is 328 Å². The number of ketones is 8. The third-order valence-electron chi connectivity index (χ3n) is 40.0. The molecule has 28 heteroatoms. The van der Waals surface area contributed by atoms with Crippen LogP contribution >= 0.6 is 58.4 Å². The zero-order chi connectivity index (χ0) is 96.7. The molecule has 1 aliphatic heterocycles. The van der Waals surface area contributed by atoms with Gasteiger partial charge in [0.25, 0.3) is 5.22 Å². The number of aromatic amines is 1. The van der Waals surface area contributed by atoms with Gasteiger partial charge in [0.1, 0.15) is 27.3 Å². The van der Waals surface area contributed by atoms with Crippen LogP contribution in [0.5, 0.6) is 0 Å². The summed E-state index contributed by atoms with van der Waals surface area (Å²) in [6, 6.07) is 15.5. The van der Waals surface area contributed by atoms with Gasteiger partial charge in [0, 0.05) is 62.4 Å². The van der Waals surface area contributed by atoms with Crippen LogP contribution in [-0.4, -0.2) is 194 Å². The van der Waals surface area contributed by atoms with Crippen LogP contribution in [0, 0.1) is 114 Å². The van der Waals surface area contributed by atoms with Crippen molar-refractivity contribution >= 4 is 126 Å². The van der Waals surface area contributed by atoms with Crippen LogP contribution in [0.25, 0.3) is 21.3 Å². The number of oxazole rings is 1. The molecule has 18 aliphatic rings. The number of Topliss-reactive ketones (excluding diaryl/α,β-unsaturated/α-hetero) is 4. The molecular formula is C109H137N5O18S5. The van der Waals surface area contributed by atoms with Crippen LogP contribution in [0.3, 0.4) is 0 Å². The van der Waals surface area contributed by atoms with Gasteiger partial charge in [-0.05, 0) is 292 Å². The van der Waals surface area contributed by atoms with Crippen molar-refractivity contribution in [3.63, 3.8) is 0 Å². The van der Waals surface area contributed by atoms with E-state index >= 15 is 0 Å². The number of thioether (sulfide) groups is 4. The summed E-state index contributed by atoms with van der Waals surface area (Å²) in [6.07, 6.45) is 35.6. The smallest absolute Gasteiger partial charge is 0.257 e. The van der Waals surface area contributed by atoms with Crippen LogP contribution in [0.2, 0.25) is 0 Å². The Morgan fingerprint density at radius 1 is 0.474 bits per heavy atom. The van der Waals surface area contributed by atoms with Gasteiger partial charge in [-0.2, -0.15) is 22.1 Å². The summed E-state index contributed by atoms with van der Waals surface area (Å²) in [5, 5.41) is 93.6. The first-order valence-corrected chi connectivity index (χ1v) is 55.7. The van der Waals surface area contributed by atoms with Gasteiger partial charge in [-0.25, -0.2) is 9.97 Å². The summed E-state index contributed by atoms with van der Waals surface area (Å²) in [6.45, 7) is 20.8. The number of allylic oxidation sites excluding steroid dienone is 10. The van der Waals surface area contributed by atoms with Gasteiger partial charge in [0.05, 0.1) is 69.9 Å². The number of aliphatic hydroxyl groups excluding tert-OH is 4. The number of hydrogen-bond acceptors (Lipinski definition) is 27. The molecule has 29 atom stereocenters. The molecule has 0 bridgehead atoms. The van der Waals surface area contributed by atoms with Gasteiger partial charge in [-0.15, -0.1) is 16.4 Å². The topological polar surface area (TPSA) is 377 Å². The monoisotopic (exact) mass is 1960 g/mol. The number of para-hydroxylation sites is 3. The van der Waals surface area contributed by atoms with Gasteiger partial charge >= 0.3 is 0 Å². The van der Waals surface area contributed by atoms with Crippen LogP contribution in [0.15, 0.2) is 145 Å². The number of carbonyl (C=O) groups is 8. The van der Waals surface area contributed by atoms with E-state index in [0.29, 0.717) is 90.5 Å². The standard InChI is InChI=1S/C31H35NO5S2.C28H31NO5S.C27H40O4S.C23H31N3O4S/c1-28(2)36-25-14-20-19-10-9-17-13-18(33)11-12-29(17,3)26(19)22(34)15-30(20,4)31(25,37-28)24(35)16-38-27-32-21-7-5-6-8-23(21)39-27;1-26-11-9-17(30)13-16(26)7-8-18-19-10-12-28(33,27(19,2)14-21(31)24(18)26)23(32)15-35-25-29-20-5-3-4-6-22(20)34-25;1-25-12-10-18(28)14-17(25)8-9-20-21-11-13-27(31,26(21,2)15-22(29)24(20)25)23(30)16-32-19-6-4-3-5-7-19;1-21-7-5-14(27)9-13(21)3-4-15-16-6-8-23(30,22(16,2)10-17(28)20(15)21)18(29)12-31-19-11-24-26-25-19/h5-8,11-13,19-20,22,25-26,34H,9-10,14-16H2,1-4H3;3-6,9,11,13,18-19,21,24,31,33H,7-8,10,12,14-15H2,1-2H3;14,19-22,24,29,31H,3-13,15-16H2,1-2H3;9,11,15-17,20,28,30H,3-8,10,12H2,1-2H3,(H,24,25,26)/t19?,20?,22-,25+,26?,29?,30?,31+;18?,19?,21-,24?,26?,27?,28-;20?,21?,22-,24?,25?,26?,27-;15?,16?,17-,20?,21?,22?,23-/m0000/s1. The van der Waals surface area contributed by atoms with Gasteiger partial charge < -0.3 is 49.6 Å². The fourth-order valence-corrected chi connectivity index (χ4v) is 38.2. The fourth-order valence-electron chi connectivity index (χ4n) is 33.4. The van der Waals surface area contributed by atoms with Crippen molar-refractivity contribution in [3.8, 4) is 0 Å². The predicted molar refractivity (Wildman–Crippen MR) is 527 cm³/mol. The normalized spacial score (nSPS) is 43.2. The molecule has 14 fully saturated rings. The van der Waals surface area contributed by atoms with E-state index in [1.54, 1.807) is 53.6 Å². The molecule has 13 saturated carbocycles. The van der Waals surface area contributed by atoms with E-state index in [0.717, 1.165) is 121 Å². The number of rotatable bonds is 16. The van der Waals surface area contributed by atoms with Gasteiger partial charge in [-0.3, -0.25) is 38.4 Å². The minimum absolute atomic E-state index is 0.00367. The first-order valence-electron chi connectivity index (χ1n) is 50.8. The number of H-pyrrole nitrogens is 1. The van der Waals surface area contributed by atoms with Crippen molar-refractivity contribution in [2.75, 3.05) is 23.0 Å². The SMILES string of the molecule is CC1(C)O[C@@H]2CC3C4CCC5=CC(=O)C=CC5(C)C4[C@@H](O)CC3(C)[C@]2(C(=O)CSc2nc3ccccc3s2)O1.CC12C=CC(=O)C=C1CCC1C2[C@@H](O)CC2(C)C1CC[C@]2(O)C(=O)CSc1nc2ccccc2o1.CC12CCC(=O)C=C1CCC1C2[C@@H](O)CC2(C)C1CC[C@]2(O)C(=O)CSC1CCCCC1.CC12CCC(=O)C=C1CCC1C2[C@@H](O)CC2(C)C1CC[C@]2(O)C(=O)CSc1cn[nH]n1. The van der Waals surface area contributed by atoms with Crippen molar-refractivity contribution in [1.82, 2.24) is 25.4 Å². The number of ether oxygens (including phenoxy) is 2. The third kappa shape index (κ3) is 15.8. The Morgan fingerprint density at radius 3 is 1.45 bits per heavy atom. The lowest BCUT2D eigenvalue weighted by Gasteiger charge is -2.60. The molecule has 137 heavy (non-hydrogen) atoms. The number of nitrogens with one attached hydrogen (secondary N) is 1. The molecule has 4 heterocycles. The first kappa shape index (κ1) is 98.2. The number of thiazole rings is 1.